The number of hydrogen-bond donors (Lipinski definition) is 0. The van der Waals surface area contributed by atoms with Crippen LogP contribution in [0.2, 0.25) is 13.1 Å². The maximum absolute atomic E-state index is 12.5. The molecule has 0 aromatic heterocycles. The van der Waals surface area contributed by atoms with E-state index in [9.17, 15) is 4.79 Å². The van der Waals surface area contributed by atoms with Crippen molar-refractivity contribution in [2.75, 3.05) is 0 Å². The van der Waals surface area contributed by atoms with Crippen LogP contribution in [0.25, 0.3) is 0 Å². The average molecular weight is 306 g/mol. The van der Waals surface area contributed by atoms with E-state index in [-0.39, 0.29) is 0 Å². The maximum atomic E-state index is 12.5. The SMILES string of the molecule is C[Si](C)(C(=O)CCCC#Cc1ccccc1)c1ccccc1. The first-order valence-electron chi connectivity index (χ1n) is 7.73. The summed E-state index contributed by atoms with van der Waals surface area (Å²) in [7, 11) is -1.99. The molecule has 112 valence electrons. The van der Waals surface area contributed by atoms with Crippen LogP contribution in [0.3, 0.4) is 0 Å². The van der Waals surface area contributed by atoms with Gasteiger partial charge in [-0.3, -0.25) is 0 Å². The summed E-state index contributed by atoms with van der Waals surface area (Å²) < 4.78 is 0. The zero-order valence-electron chi connectivity index (χ0n) is 13.3. The Kier molecular flexibility index (Phi) is 5.74. The second kappa shape index (κ2) is 7.77. The fourth-order valence-corrected chi connectivity index (χ4v) is 4.50. The maximum Gasteiger partial charge on any atom is 0.157 e. The first kappa shape index (κ1) is 16.3. The minimum Gasteiger partial charge on any atom is -0.305 e. The monoisotopic (exact) mass is 306 g/mol. The first-order valence-corrected chi connectivity index (χ1v) is 10.7. The normalized spacial score (nSPS) is 10.6. The Balaban J connectivity index is 1.85. The molecule has 0 N–H and O–H groups in total. The van der Waals surface area contributed by atoms with Crippen molar-refractivity contribution >= 4 is 18.7 Å². The highest BCUT2D eigenvalue weighted by Crippen LogP contribution is 2.10. The fourth-order valence-electron chi connectivity index (χ4n) is 2.35. The van der Waals surface area contributed by atoms with Gasteiger partial charge >= 0.3 is 0 Å². The van der Waals surface area contributed by atoms with Crippen LogP contribution in [-0.2, 0) is 4.79 Å². The molecule has 0 heterocycles. The third kappa shape index (κ3) is 4.44. The second-order valence-electron chi connectivity index (χ2n) is 5.94. The van der Waals surface area contributed by atoms with Gasteiger partial charge in [0.05, 0.1) is 0 Å². The van der Waals surface area contributed by atoms with Crippen molar-refractivity contribution < 1.29 is 4.79 Å². The van der Waals surface area contributed by atoms with Crippen LogP contribution in [-0.4, -0.2) is 13.5 Å². The molecular formula is C20H22OSi. The first-order chi connectivity index (χ1) is 10.6. The molecule has 22 heavy (non-hydrogen) atoms. The van der Waals surface area contributed by atoms with Crippen molar-refractivity contribution in [3.63, 3.8) is 0 Å². The Morgan fingerprint density at radius 3 is 2.18 bits per heavy atom. The topological polar surface area (TPSA) is 17.1 Å². The molecule has 2 aromatic carbocycles. The fraction of sp³-hybridized carbons (Fsp3) is 0.250. The predicted octanol–water partition coefficient (Wildman–Crippen LogP) is 3.93. The summed E-state index contributed by atoms with van der Waals surface area (Å²) in [5, 5.41) is 1.63. The van der Waals surface area contributed by atoms with E-state index in [2.05, 4.69) is 37.1 Å². The number of hydrogen-bond acceptors (Lipinski definition) is 1. The van der Waals surface area contributed by atoms with E-state index in [1.54, 1.807) is 0 Å². The highest BCUT2D eigenvalue weighted by Gasteiger charge is 2.31. The lowest BCUT2D eigenvalue weighted by molar-refractivity contribution is -0.112. The molecule has 0 aliphatic carbocycles. The zero-order chi connectivity index (χ0) is 15.8. The van der Waals surface area contributed by atoms with Gasteiger partial charge < -0.3 is 4.79 Å². The van der Waals surface area contributed by atoms with E-state index in [0.717, 1.165) is 18.4 Å². The minimum absolute atomic E-state index is 0.417. The van der Waals surface area contributed by atoms with Gasteiger partial charge in [0.15, 0.2) is 8.07 Å². The average Bonchev–Trinajstić information content (AvgIpc) is 2.56. The van der Waals surface area contributed by atoms with Gasteiger partial charge in [0.2, 0.25) is 0 Å². The highest BCUT2D eigenvalue weighted by molar-refractivity contribution is 7.13. The summed E-state index contributed by atoms with van der Waals surface area (Å²) >= 11 is 0. The van der Waals surface area contributed by atoms with Crippen LogP contribution in [0.1, 0.15) is 24.8 Å². The second-order valence-corrected chi connectivity index (χ2v) is 10.3. The van der Waals surface area contributed by atoms with Gasteiger partial charge in [0, 0.05) is 18.4 Å². The van der Waals surface area contributed by atoms with Crippen LogP contribution in [0.15, 0.2) is 60.7 Å². The zero-order valence-corrected chi connectivity index (χ0v) is 14.3. The summed E-state index contributed by atoms with van der Waals surface area (Å²) in [5.74, 6) is 6.30. The van der Waals surface area contributed by atoms with E-state index < -0.39 is 8.07 Å². The highest BCUT2D eigenvalue weighted by atomic mass is 28.3. The quantitative estimate of drug-likeness (QED) is 0.465. The number of rotatable bonds is 5. The summed E-state index contributed by atoms with van der Waals surface area (Å²) in [4.78, 5) is 12.5. The van der Waals surface area contributed by atoms with Gasteiger partial charge in [-0.15, -0.1) is 0 Å². The molecule has 0 fully saturated rings. The molecule has 1 nitrogen and oxygen atoms in total. The number of benzene rings is 2. The predicted molar refractivity (Wildman–Crippen MR) is 95.7 cm³/mol. The van der Waals surface area contributed by atoms with E-state index in [1.807, 2.05) is 48.5 Å². The van der Waals surface area contributed by atoms with E-state index in [0.29, 0.717) is 11.8 Å². The Labute approximate surface area is 134 Å². The van der Waals surface area contributed by atoms with Gasteiger partial charge in [-0.2, -0.15) is 0 Å². The van der Waals surface area contributed by atoms with Gasteiger partial charge in [-0.1, -0.05) is 78.7 Å². The number of unbranched alkanes of at least 4 members (excludes halogenated alkanes) is 1. The Hall–Kier alpha value is -2.11. The lowest BCUT2D eigenvalue weighted by atomic mass is 10.2. The van der Waals surface area contributed by atoms with Crippen molar-refractivity contribution in [3.05, 3.63) is 66.2 Å². The summed E-state index contributed by atoms with van der Waals surface area (Å²) in [6, 6.07) is 20.2. The van der Waals surface area contributed by atoms with Crippen molar-refractivity contribution in [2.45, 2.75) is 32.4 Å². The lowest BCUT2D eigenvalue weighted by Gasteiger charge is -2.20. The molecule has 0 saturated heterocycles. The summed E-state index contributed by atoms with van der Waals surface area (Å²) in [6.45, 7) is 4.28. The molecule has 0 bridgehead atoms. The third-order valence-electron chi connectivity index (χ3n) is 3.90. The molecule has 2 heteroatoms. The molecule has 2 rings (SSSR count). The molecule has 0 aliphatic heterocycles. The van der Waals surface area contributed by atoms with Crippen molar-refractivity contribution in [2.24, 2.45) is 0 Å². The molecule has 0 atom stereocenters. The van der Waals surface area contributed by atoms with Gasteiger partial charge in [0.25, 0.3) is 0 Å². The van der Waals surface area contributed by atoms with Crippen molar-refractivity contribution in [3.8, 4) is 11.8 Å². The lowest BCUT2D eigenvalue weighted by Crippen LogP contribution is -2.49. The molecule has 0 saturated carbocycles. The molecule has 0 amide bonds. The Morgan fingerprint density at radius 2 is 1.55 bits per heavy atom. The van der Waals surface area contributed by atoms with Crippen LogP contribution < -0.4 is 5.19 Å². The smallest absolute Gasteiger partial charge is 0.157 e. The molecule has 2 aromatic rings. The van der Waals surface area contributed by atoms with Crippen molar-refractivity contribution in [1.29, 1.82) is 0 Å². The Bertz CT molecular complexity index is 663. The van der Waals surface area contributed by atoms with Crippen LogP contribution in [0.5, 0.6) is 0 Å². The van der Waals surface area contributed by atoms with Gasteiger partial charge in [-0.05, 0) is 18.6 Å². The third-order valence-corrected chi connectivity index (χ3v) is 7.33. The molecular weight excluding hydrogens is 284 g/mol. The van der Waals surface area contributed by atoms with Crippen LogP contribution >= 0.6 is 0 Å². The van der Waals surface area contributed by atoms with E-state index in [4.69, 9.17) is 0 Å². The molecule has 0 aliphatic rings. The minimum atomic E-state index is -1.99. The summed E-state index contributed by atoms with van der Waals surface area (Å²) in [6.07, 6.45) is 2.26. The van der Waals surface area contributed by atoms with Gasteiger partial charge in [-0.25, -0.2) is 0 Å². The molecule has 0 unspecified atom stereocenters. The van der Waals surface area contributed by atoms with E-state index in [1.165, 1.54) is 5.19 Å². The van der Waals surface area contributed by atoms with Gasteiger partial charge in [0.1, 0.15) is 5.41 Å². The molecule has 0 radical (unpaired) electrons. The van der Waals surface area contributed by atoms with Crippen molar-refractivity contribution in [1.82, 2.24) is 0 Å². The standard InChI is InChI=1S/C20H22OSi/c1-22(2,19-15-9-5-10-16-19)20(21)17-11-4-8-14-18-12-6-3-7-13-18/h3,5-7,9-10,12-13,15-16H,4,11,17H2,1-2H3. The number of carbonyl (C=O) groups is 1. The number of carbonyl (C=O) groups excluding carboxylic acids is 1. The summed E-state index contributed by atoms with van der Waals surface area (Å²) in [5.41, 5.74) is 1.04. The largest absolute Gasteiger partial charge is 0.305 e. The van der Waals surface area contributed by atoms with E-state index >= 15 is 0 Å². The van der Waals surface area contributed by atoms with Crippen LogP contribution in [0, 0.1) is 11.8 Å². The molecule has 0 spiro atoms. The van der Waals surface area contributed by atoms with Crippen LogP contribution in [0.4, 0.5) is 0 Å². The Morgan fingerprint density at radius 1 is 0.955 bits per heavy atom.